The zero-order valence-corrected chi connectivity index (χ0v) is 13.2. The third kappa shape index (κ3) is 3.03. The van der Waals surface area contributed by atoms with Crippen LogP contribution in [-0.2, 0) is 12.6 Å². The molecule has 1 unspecified atom stereocenters. The molecule has 0 saturated heterocycles. The third-order valence-electron chi connectivity index (χ3n) is 4.55. The Balaban J connectivity index is 1.63. The number of nitrogens with one attached hydrogen (secondary N) is 1. The number of aromatic nitrogens is 3. The molecular weight excluding hydrogens is 321 g/mol. The van der Waals surface area contributed by atoms with Gasteiger partial charge in [-0.1, -0.05) is 6.07 Å². The van der Waals surface area contributed by atoms with E-state index in [2.05, 4.69) is 15.3 Å². The van der Waals surface area contributed by atoms with Gasteiger partial charge in [0.25, 0.3) is 0 Å². The molecule has 8 heteroatoms. The van der Waals surface area contributed by atoms with Gasteiger partial charge in [0.2, 0.25) is 5.60 Å². The lowest BCUT2D eigenvalue weighted by molar-refractivity contribution is -0.268. The molecule has 5 nitrogen and oxygen atoms in total. The summed E-state index contributed by atoms with van der Waals surface area (Å²) in [6.07, 6.45) is 0.916. The Morgan fingerprint density at radius 1 is 1.25 bits per heavy atom. The Morgan fingerprint density at radius 2 is 2.00 bits per heavy atom. The van der Waals surface area contributed by atoms with Gasteiger partial charge in [0.1, 0.15) is 0 Å². The third-order valence-corrected chi connectivity index (χ3v) is 4.55. The van der Waals surface area contributed by atoms with Crippen molar-refractivity contribution in [3.05, 3.63) is 48.3 Å². The summed E-state index contributed by atoms with van der Waals surface area (Å²) in [5.41, 5.74) is -2.06. The van der Waals surface area contributed by atoms with Crippen LogP contribution in [0.3, 0.4) is 0 Å². The Bertz CT molecular complexity index is 682. The fourth-order valence-electron chi connectivity index (χ4n) is 3.01. The Hall–Kier alpha value is -1.93. The highest BCUT2D eigenvalue weighted by Crippen LogP contribution is 2.40. The molecule has 0 radical (unpaired) electrons. The van der Waals surface area contributed by atoms with Crippen LogP contribution >= 0.6 is 0 Å². The van der Waals surface area contributed by atoms with Gasteiger partial charge in [-0.15, -0.1) is 0 Å². The van der Waals surface area contributed by atoms with Crippen molar-refractivity contribution in [2.45, 2.75) is 36.6 Å². The van der Waals surface area contributed by atoms with Crippen molar-refractivity contribution in [2.75, 3.05) is 6.54 Å². The highest BCUT2D eigenvalue weighted by molar-refractivity contribution is 5.15. The molecule has 2 heterocycles. The molecule has 1 saturated carbocycles. The second kappa shape index (κ2) is 6.18. The van der Waals surface area contributed by atoms with Gasteiger partial charge in [0, 0.05) is 49.8 Å². The fourth-order valence-corrected chi connectivity index (χ4v) is 3.01. The largest absolute Gasteiger partial charge is 0.425 e. The molecule has 130 valence electrons. The zero-order valence-electron chi connectivity index (χ0n) is 13.2. The summed E-state index contributed by atoms with van der Waals surface area (Å²) in [5.74, 6) is -0.168. The number of imidazole rings is 1. The number of aryl methyl sites for hydroxylation is 1. The second-order valence-electron chi connectivity index (χ2n) is 6.22. The van der Waals surface area contributed by atoms with E-state index in [1.165, 1.54) is 24.0 Å². The molecule has 0 spiro atoms. The molecule has 1 atom stereocenters. The van der Waals surface area contributed by atoms with E-state index in [1.807, 2.05) is 18.2 Å². The van der Waals surface area contributed by atoms with Crippen molar-refractivity contribution < 1.29 is 18.3 Å². The topological polar surface area (TPSA) is 63.0 Å². The fraction of sp³-hybridized carbons (Fsp3) is 0.500. The first-order valence-corrected chi connectivity index (χ1v) is 7.72. The highest BCUT2D eigenvalue weighted by Gasteiger charge is 2.57. The predicted molar refractivity (Wildman–Crippen MR) is 81.2 cm³/mol. The summed E-state index contributed by atoms with van der Waals surface area (Å²) in [7, 11) is 1.43. The Morgan fingerprint density at radius 3 is 2.54 bits per heavy atom. The van der Waals surface area contributed by atoms with E-state index in [0.717, 1.165) is 5.69 Å². The van der Waals surface area contributed by atoms with Crippen molar-refractivity contribution in [3.8, 4) is 0 Å². The van der Waals surface area contributed by atoms with Crippen LogP contribution in [0.15, 0.2) is 36.8 Å². The van der Waals surface area contributed by atoms with Crippen LogP contribution in [0.5, 0.6) is 0 Å². The smallest absolute Gasteiger partial charge is 0.373 e. The number of pyridine rings is 1. The lowest BCUT2D eigenvalue weighted by Gasteiger charge is -2.38. The highest BCUT2D eigenvalue weighted by atomic mass is 19.4. The van der Waals surface area contributed by atoms with Gasteiger partial charge in [0.15, 0.2) is 5.82 Å². The maximum Gasteiger partial charge on any atom is 0.425 e. The number of hydrogen-bond donors (Lipinski definition) is 2. The van der Waals surface area contributed by atoms with E-state index in [4.69, 9.17) is 0 Å². The number of rotatable bonds is 5. The van der Waals surface area contributed by atoms with Gasteiger partial charge >= 0.3 is 6.18 Å². The molecule has 2 aromatic heterocycles. The maximum atomic E-state index is 13.4. The van der Waals surface area contributed by atoms with Gasteiger partial charge in [-0.2, -0.15) is 13.2 Å². The summed E-state index contributed by atoms with van der Waals surface area (Å²) in [6.45, 7) is -0.624. The number of halogens is 3. The van der Waals surface area contributed by atoms with Gasteiger partial charge < -0.3 is 15.0 Å². The van der Waals surface area contributed by atoms with Crippen molar-refractivity contribution in [1.29, 1.82) is 0 Å². The number of hydrogen-bond acceptors (Lipinski definition) is 4. The molecule has 0 aliphatic heterocycles. The lowest BCUT2D eigenvalue weighted by Crippen LogP contribution is -2.54. The van der Waals surface area contributed by atoms with Crippen LogP contribution < -0.4 is 5.32 Å². The monoisotopic (exact) mass is 340 g/mol. The summed E-state index contributed by atoms with van der Waals surface area (Å²) in [4.78, 5) is 7.95. The van der Waals surface area contributed by atoms with E-state index >= 15 is 0 Å². The van der Waals surface area contributed by atoms with Crippen molar-refractivity contribution in [1.82, 2.24) is 19.9 Å². The van der Waals surface area contributed by atoms with E-state index < -0.39 is 24.1 Å². The lowest BCUT2D eigenvalue weighted by atomic mass is 9.77. The average Bonchev–Trinajstić information content (AvgIpc) is 2.92. The van der Waals surface area contributed by atoms with Crippen molar-refractivity contribution in [2.24, 2.45) is 7.05 Å². The van der Waals surface area contributed by atoms with Gasteiger partial charge in [-0.25, -0.2) is 4.98 Å². The van der Waals surface area contributed by atoms with E-state index in [-0.39, 0.29) is 12.0 Å². The van der Waals surface area contributed by atoms with Crippen molar-refractivity contribution in [3.63, 3.8) is 0 Å². The molecule has 0 amide bonds. The molecule has 2 aromatic rings. The van der Waals surface area contributed by atoms with Gasteiger partial charge in [-0.05, 0) is 25.0 Å². The minimum absolute atomic E-state index is 0.0776. The molecule has 2 N–H and O–H groups in total. The van der Waals surface area contributed by atoms with E-state index in [0.29, 0.717) is 12.8 Å². The van der Waals surface area contributed by atoms with Crippen LogP contribution in [0.1, 0.15) is 30.3 Å². The standard InChI is InChI=1S/C16H19F3N4O/c1-23-7-6-21-14(23)15(24,16(17,18)19)10-22-12-8-11(9-12)13-4-2-3-5-20-13/h2-7,11-12,22,24H,8-10H2,1H3. The summed E-state index contributed by atoms with van der Waals surface area (Å²) >= 11 is 0. The van der Waals surface area contributed by atoms with Crippen LogP contribution in [0, 0.1) is 0 Å². The first kappa shape index (κ1) is 16.9. The molecule has 24 heavy (non-hydrogen) atoms. The summed E-state index contributed by atoms with van der Waals surface area (Å²) in [5, 5.41) is 13.1. The minimum Gasteiger partial charge on any atom is -0.373 e. The zero-order chi connectivity index (χ0) is 17.4. The minimum atomic E-state index is -4.82. The van der Waals surface area contributed by atoms with Crippen LogP contribution in [0.25, 0.3) is 0 Å². The predicted octanol–water partition coefficient (Wildman–Crippen LogP) is 2.10. The number of nitrogens with zero attached hydrogens (tertiary/aromatic N) is 3. The summed E-state index contributed by atoms with van der Waals surface area (Å²) in [6, 6.07) is 5.56. The Kier molecular flexibility index (Phi) is 4.35. The number of aliphatic hydroxyl groups is 1. The molecule has 3 rings (SSSR count). The van der Waals surface area contributed by atoms with Crippen LogP contribution in [0.2, 0.25) is 0 Å². The van der Waals surface area contributed by atoms with E-state index in [9.17, 15) is 18.3 Å². The molecule has 1 aliphatic rings. The quantitative estimate of drug-likeness (QED) is 0.875. The molecule has 1 fully saturated rings. The number of alkyl halides is 3. The SMILES string of the molecule is Cn1ccnc1C(O)(CNC1CC(c2ccccn2)C1)C(F)(F)F. The van der Waals surface area contributed by atoms with E-state index in [1.54, 1.807) is 6.20 Å². The molecular formula is C16H19F3N4O. The first-order chi connectivity index (χ1) is 11.3. The summed E-state index contributed by atoms with van der Waals surface area (Å²) < 4.78 is 41.4. The Labute approximate surface area is 137 Å². The maximum absolute atomic E-state index is 13.4. The van der Waals surface area contributed by atoms with Crippen LogP contribution in [-0.4, -0.2) is 38.4 Å². The van der Waals surface area contributed by atoms with Gasteiger partial charge in [0.05, 0.1) is 0 Å². The molecule has 0 aromatic carbocycles. The first-order valence-electron chi connectivity index (χ1n) is 7.72. The van der Waals surface area contributed by atoms with Gasteiger partial charge in [-0.3, -0.25) is 4.98 Å². The van der Waals surface area contributed by atoms with Crippen molar-refractivity contribution >= 4 is 0 Å². The average molecular weight is 340 g/mol. The normalized spacial score (nSPS) is 23.5. The second-order valence-corrected chi connectivity index (χ2v) is 6.22. The molecule has 0 bridgehead atoms. The van der Waals surface area contributed by atoms with Crippen LogP contribution in [0.4, 0.5) is 13.2 Å². The molecule has 1 aliphatic carbocycles.